The molecule has 0 amide bonds. The Morgan fingerprint density at radius 1 is 0.621 bits per heavy atom. The fourth-order valence-corrected chi connectivity index (χ4v) is 3.75. The molecule has 0 fully saturated rings. The van der Waals surface area contributed by atoms with Crippen LogP contribution in [0.1, 0.15) is 22.7 Å². The maximum absolute atomic E-state index is 4.05. The van der Waals surface area contributed by atoms with E-state index in [1.807, 2.05) is 22.9 Å². The van der Waals surface area contributed by atoms with E-state index < -0.39 is 0 Å². The van der Waals surface area contributed by atoms with E-state index >= 15 is 0 Å². The molecule has 1 unspecified atom stereocenters. The molecular weight excluding hydrogens is 356 g/mol. The number of rotatable bonds is 4. The fourth-order valence-electron chi connectivity index (χ4n) is 3.75. The summed E-state index contributed by atoms with van der Waals surface area (Å²) < 4.78 is 1.95. The second-order valence-electron chi connectivity index (χ2n) is 6.93. The van der Waals surface area contributed by atoms with E-state index in [-0.39, 0.29) is 6.04 Å². The summed E-state index contributed by atoms with van der Waals surface area (Å²) in [7, 11) is 0. The van der Waals surface area contributed by atoms with Gasteiger partial charge < -0.3 is 0 Å². The summed E-state index contributed by atoms with van der Waals surface area (Å²) >= 11 is 0. The van der Waals surface area contributed by atoms with Gasteiger partial charge in [0.25, 0.3) is 0 Å². The second kappa shape index (κ2) is 7.60. The first kappa shape index (κ1) is 17.2. The SMILES string of the molecule is C1=C(c2ccccc2)C=C(c2ccccc2)N(n2cnnc2)C1c1ccccc1. The third-order valence-electron chi connectivity index (χ3n) is 5.11. The van der Waals surface area contributed by atoms with Crippen LogP contribution < -0.4 is 5.01 Å². The predicted molar refractivity (Wildman–Crippen MR) is 116 cm³/mol. The topological polar surface area (TPSA) is 34.0 Å². The average Bonchev–Trinajstić information content (AvgIpc) is 3.34. The number of benzene rings is 3. The lowest BCUT2D eigenvalue weighted by molar-refractivity contribution is 0.633. The highest BCUT2D eigenvalue weighted by molar-refractivity contribution is 5.89. The van der Waals surface area contributed by atoms with Crippen molar-refractivity contribution in [3.63, 3.8) is 0 Å². The Morgan fingerprint density at radius 3 is 1.79 bits per heavy atom. The lowest BCUT2D eigenvalue weighted by Crippen LogP contribution is -2.37. The van der Waals surface area contributed by atoms with Gasteiger partial charge in [-0.15, -0.1) is 10.2 Å². The van der Waals surface area contributed by atoms with Gasteiger partial charge in [-0.05, 0) is 34.4 Å². The maximum Gasteiger partial charge on any atom is 0.139 e. The monoisotopic (exact) mass is 376 g/mol. The summed E-state index contributed by atoms with van der Waals surface area (Å²) in [5.74, 6) is 0. The third-order valence-corrected chi connectivity index (χ3v) is 5.11. The summed E-state index contributed by atoms with van der Waals surface area (Å²) in [4.78, 5) is 0. The minimum absolute atomic E-state index is 0.00242. The Hall–Kier alpha value is -3.92. The summed E-state index contributed by atoms with van der Waals surface area (Å²) in [6.07, 6.45) is 8.03. The highest BCUT2D eigenvalue weighted by atomic mass is 15.6. The van der Waals surface area contributed by atoms with Gasteiger partial charge in [-0.25, -0.2) is 4.68 Å². The lowest BCUT2D eigenvalue weighted by Gasteiger charge is -2.37. The molecule has 3 aromatic carbocycles. The van der Waals surface area contributed by atoms with Crippen LogP contribution in [0.4, 0.5) is 0 Å². The highest BCUT2D eigenvalue weighted by Gasteiger charge is 2.28. The van der Waals surface area contributed by atoms with Crippen molar-refractivity contribution in [3.8, 4) is 0 Å². The van der Waals surface area contributed by atoms with Gasteiger partial charge in [0.05, 0.1) is 11.7 Å². The maximum atomic E-state index is 4.05. The molecule has 2 heterocycles. The molecule has 1 aromatic heterocycles. The normalized spacial score (nSPS) is 16.3. The first-order valence-electron chi connectivity index (χ1n) is 9.63. The molecule has 0 spiro atoms. The van der Waals surface area contributed by atoms with E-state index in [0.717, 1.165) is 11.3 Å². The summed E-state index contributed by atoms with van der Waals surface area (Å²) in [6, 6.07) is 31.5. The van der Waals surface area contributed by atoms with Crippen molar-refractivity contribution in [2.75, 3.05) is 5.01 Å². The Kier molecular flexibility index (Phi) is 4.51. The van der Waals surface area contributed by atoms with Gasteiger partial charge in [-0.2, -0.15) is 0 Å². The molecule has 29 heavy (non-hydrogen) atoms. The second-order valence-corrected chi connectivity index (χ2v) is 6.93. The molecule has 4 heteroatoms. The van der Waals surface area contributed by atoms with Gasteiger partial charge in [0, 0.05) is 0 Å². The Balaban J connectivity index is 1.73. The molecule has 1 aliphatic heterocycles. The van der Waals surface area contributed by atoms with Gasteiger partial charge in [0.2, 0.25) is 0 Å². The largest absolute Gasteiger partial charge is 0.267 e. The van der Waals surface area contributed by atoms with E-state index in [9.17, 15) is 0 Å². The van der Waals surface area contributed by atoms with Gasteiger partial charge in [-0.3, -0.25) is 5.01 Å². The van der Waals surface area contributed by atoms with Crippen molar-refractivity contribution in [1.82, 2.24) is 14.9 Å². The smallest absolute Gasteiger partial charge is 0.139 e. The van der Waals surface area contributed by atoms with Crippen LogP contribution in [0, 0.1) is 0 Å². The van der Waals surface area contributed by atoms with E-state index in [1.165, 1.54) is 16.7 Å². The minimum Gasteiger partial charge on any atom is -0.267 e. The van der Waals surface area contributed by atoms with Crippen molar-refractivity contribution < 1.29 is 0 Å². The lowest BCUT2D eigenvalue weighted by atomic mass is 9.93. The van der Waals surface area contributed by atoms with Gasteiger partial charge >= 0.3 is 0 Å². The van der Waals surface area contributed by atoms with Crippen LogP contribution in [0.2, 0.25) is 0 Å². The third kappa shape index (κ3) is 3.36. The number of allylic oxidation sites excluding steroid dienone is 2. The van der Waals surface area contributed by atoms with Crippen LogP contribution in [0.5, 0.6) is 0 Å². The molecule has 140 valence electrons. The van der Waals surface area contributed by atoms with Gasteiger partial charge in [-0.1, -0.05) is 91.0 Å². The molecular formula is C25H20N4. The van der Waals surface area contributed by atoms with Crippen LogP contribution in [-0.2, 0) is 0 Å². The predicted octanol–water partition coefficient (Wildman–Crippen LogP) is 5.10. The zero-order valence-electron chi connectivity index (χ0n) is 15.8. The molecule has 0 aliphatic carbocycles. The van der Waals surface area contributed by atoms with Crippen molar-refractivity contribution in [1.29, 1.82) is 0 Å². The van der Waals surface area contributed by atoms with Crippen molar-refractivity contribution in [2.45, 2.75) is 6.04 Å². The molecule has 1 atom stereocenters. The Bertz CT molecular complexity index is 1130. The standard InChI is InChI=1S/C25H20N4/c1-4-10-20(11-5-1)23-16-24(21-12-6-2-7-13-21)29(28-18-26-27-19-28)25(17-23)22-14-8-3-9-15-22/h1-19,24H. The number of hydrogen-bond donors (Lipinski definition) is 0. The van der Waals surface area contributed by atoms with Gasteiger partial charge in [0.1, 0.15) is 12.7 Å². The van der Waals surface area contributed by atoms with Crippen molar-refractivity contribution >= 4 is 11.3 Å². The zero-order chi connectivity index (χ0) is 19.5. The van der Waals surface area contributed by atoms with Crippen LogP contribution in [0.15, 0.2) is 116 Å². The molecule has 0 bridgehead atoms. The molecule has 4 nitrogen and oxygen atoms in total. The van der Waals surface area contributed by atoms with Crippen LogP contribution in [0.25, 0.3) is 11.3 Å². The Morgan fingerprint density at radius 2 is 1.17 bits per heavy atom. The van der Waals surface area contributed by atoms with Crippen molar-refractivity contribution in [3.05, 3.63) is 132 Å². The first-order chi connectivity index (χ1) is 14.4. The molecule has 0 saturated heterocycles. The van der Waals surface area contributed by atoms with Crippen LogP contribution in [0.3, 0.4) is 0 Å². The average molecular weight is 376 g/mol. The number of nitrogens with zero attached hydrogens (tertiary/aromatic N) is 4. The van der Waals surface area contributed by atoms with Crippen LogP contribution >= 0.6 is 0 Å². The fraction of sp³-hybridized carbons (Fsp3) is 0.0400. The summed E-state index contributed by atoms with van der Waals surface area (Å²) in [5, 5.41) is 10.3. The van der Waals surface area contributed by atoms with Crippen LogP contribution in [-0.4, -0.2) is 14.9 Å². The molecule has 1 aliphatic rings. The van der Waals surface area contributed by atoms with E-state index in [2.05, 4.69) is 100 Å². The van der Waals surface area contributed by atoms with Gasteiger partial charge in [0.15, 0.2) is 0 Å². The minimum atomic E-state index is 0.00242. The molecule has 5 rings (SSSR count). The first-order valence-corrected chi connectivity index (χ1v) is 9.63. The van der Waals surface area contributed by atoms with Crippen molar-refractivity contribution in [2.24, 2.45) is 0 Å². The van der Waals surface area contributed by atoms with E-state index in [4.69, 9.17) is 0 Å². The summed E-state index contributed by atoms with van der Waals surface area (Å²) in [5.41, 5.74) is 5.84. The number of aromatic nitrogens is 3. The van der Waals surface area contributed by atoms with E-state index in [1.54, 1.807) is 12.7 Å². The Labute approximate surface area is 170 Å². The molecule has 0 radical (unpaired) electrons. The zero-order valence-corrected chi connectivity index (χ0v) is 15.8. The highest BCUT2D eigenvalue weighted by Crippen LogP contribution is 2.38. The van der Waals surface area contributed by atoms with E-state index in [0.29, 0.717) is 0 Å². The summed E-state index contributed by atoms with van der Waals surface area (Å²) in [6.45, 7) is 0. The number of hydrogen-bond acceptors (Lipinski definition) is 3. The molecule has 0 N–H and O–H groups in total. The molecule has 0 saturated carbocycles. The molecule has 4 aromatic rings. The quantitative estimate of drug-likeness (QED) is 0.497.